The van der Waals surface area contributed by atoms with E-state index in [4.69, 9.17) is 9.26 Å². The Kier molecular flexibility index (Phi) is 3.63. The summed E-state index contributed by atoms with van der Waals surface area (Å²) in [5.74, 6) is -0.309. The molecule has 114 valence electrons. The predicted molar refractivity (Wildman–Crippen MR) is 78.8 cm³/mol. The summed E-state index contributed by atoms with van der Waals surface area (Å²) >= 11 is 0. The first-order chi connectivity index (χ1) is 10.6. The van der Waals surface area contributed by atoms with Crippen LogP contribution in [0.1, 0.15) is 5.69 Å². The summed E-state index contributed by atoms with van der Waals surface area (Å²) in [6.45, 7) is 0. The average molecular weight is 320 g/mol. The first-order valence-corrected chi connectivity index (χ1v) is 7.92. The predicted octanol–water partition coefficient (Wildman–Crippen LogP) is 1.57. The van der Waals surface area contributed by atoms with Gasteiger partial charge in [-0.2, -0.15) is 0 Å². The Labute approximate surface area is 126 Å². The average Bonchev–Trinajstić information content (AvgIpc) is 2.90. The van der Waals surface area contributed by atoms with Gasteiger partial charge in [-0.25, -0.2) is 18.4 Å². The lowest BCUT2D eigenvalue weighted by molar-refractivity contribution is 0.380. The molecule has 2 aromatic heterocycles. The number of methoxy groups -OCH3 is 1. The Bertz CT molecular complexity index is 890. The molecule has 3 aromatic rings. The Morgan fingerprint density at radius 3 is 2.68 bits per heavy atom. The van der Waals surface area contributed by atoms with E-state index in [1.165, 1.54) is 19.5 Å². The summed E-state index contributed by atoms with van der Waals surface area (Å²) in [7, 11) is -2.24. The highest BCUT2D eigenvalue weighted by atomic mass is 32.2. The molecule has 1 aromatic carbocycles. The van der Waals surface area contributed by atoms with E-state index in [0.29, 0.717) is 16.7 Å². The SMILES string of the molecule is COc1ncc(NS(=O)(=O)Cc2noc3ccccc23)cn1. The van der Waals surface area contributed by atoms with Gasteiger partial charge in [0.25, 0.3) is 0 Å². The fourth-order valence-electron chi connectivity index (χ4n) is 1.91. The largest absolute Gasteiger partial charge is 0.467 e. The van der Waals surface area contributed by atoms with Gasteiger partial charge in [-0.1, -0.05) is 17.3 Å². The van der Waals surface area contributed by atoms with Crippen molar-refractivity contribution in [1.82, 2.24) is 15.1 Å². The first kappa shape index (κ1) is 14.3. The monoisotopic (exact) mass is 320 g/mol. The van der Waals surface area contributed by atoms with Crippen molar-refractivity contribution in [1.29, 1.82) is 0 Å². The lowest BCUT2D eigenvalue weighted by atomic mass is 10.2. The van der Waals surface area contributed by atoms with Crippen molar-refractivity contribution >= 4 is 26.7 Å². The van der Waals surface area contributed by atoms with Gasteiger partial charge in [0.2, 0.25) is 10.0 Å². The number of nitrogens with zero attached hydrogens (tertiary/aromatic N) is 3. The molecule has 0 aliphatic rings. The van der Waals surface area contributed by atoms with Gasteiger partial charge < -0.3 is 9.26 Å². The van der Waals surface area contributed by atoms with Crippen molar-refractivity contribution in [2.45, 2.75) is 5.75 Å². The standard InChI is InChI=1S/C13H12N4O4S/c1-20-13-14-6-9(7-15-13)17-22(18,19)8-11-10-4-2-3-5-12(10)21-16-11/h2-7,17H,8H2,1H3. The van der Waals surface area contributed by atoms with Gasteiger partial charge in [-0.05, 0) is 12.1 Å². The lowest BCUT2D eigenvalue weighted by Gasteiger charge is -2.06. The number of para-hydroxylation sites is 1. The molecule has 2 heterocycles. The first-order valence-electron chi connectivity index (χ1n) is 6.27. The van der Waals surface area contributed by atoms with Crippen LogP contribution < -0.4 is 9.46 Å². The molecule has 0 aliphatic heterocycles. The molecular weight excluding hydrogens is 308 g/mol. The number of sulfonamides is 1. The van der Waals surface area contributed by atoms with Crippen LogP contribution in [0.15, 0.2) is 41.2 Å². The molecule has 0 amide bonds. The normalized spacial score (nSPS) is 11.5. The van der Waals surface area contributed by atoms with Gasteiger partial charge >= 0.3 is 6.01 Å². The fourth-order valence-corrected chi connectivity index (χ4v) is 3.02. The molecule has 0 spiro atoms. The van der Waals surface area contributed by atoms with Crippen LogP contribution in [0.2, 0.25) is 0 Å². The summed E-state index contributed by atoms with van der Waals surface area (Å²) < 4.78 is 36.7. The summed E-state index contributed by atoms with van der Waals surface area (Å²) in [5, 5.41) is 4.47. The number of rotatable bonds is 5. The van der Waals surface area contributed by atoms with Gasteiger partial charge in [0, 0.05) is 5.39 Å². The number of ether oxygens (including phenoxy) is 1. The van der Waals surface area contributed by atoms with Crippen molar-refractivity contribution in [2.24, 2.45) is 0 Å². The Hall–Kier alpha value is -2.68. The van der Waals surface area contributed by atoms with E-state index >= 15 is 0 Å². The number of benzene rings is 1. The molecule has 22 heavy (non-hydrogen) atoms. The smallest absolute Gasteiger partial charge is 0.316 e. The number of aromatic nitrogens is 3. The van der Waals surface area contributed by atoms with Gasteiger partial charge in [0.05, 0.1) is 25.2 Å². The molecule has 0 unspecified atom stereocenters. The molecule has 3 rings (SSSR count). The minimum atomic E-state index is -3.66. The minimum absolute atomic E-state index is 0.158. The van der Waals surface area contributed by atoms with Crippen molar-refractivity contribution < 1.29 is 17.7 Å². The third kappa shape index (κ3) is 2.98. The molecule has 0 saturated heterocycles. The fraction of sp³-hybridized carbons (Fsp3) is 0.154. The maximum absolute atomic E-state index is 12.2. The van der Waals surface area contributed by atoms with E-state index in [1.807, 2.05) is 0 Å². The Balaban J connectivity index is 1.80. The van der Waals surface area contributed by atoms with Crippen LogP contribution in [-0.2, 0) is 15.8 Å². The molecular formula is C13H12N4O4S. The minimum Gasteiger partial charge on any atom is -0.467 e. The zero-order valence-corrected chi connectivity index (χ0v) is 12.4. The molecule has 0 fully saturated rings. The third-order valence-electron chi connectivity index (χ3n) is 2.86. The molecule has 0 radical (unpaired) electrons. The lowest BCUT2D eigenvalue weighted by Crippen LogP contribution is -2.15. The van der Waals surface area contributed by atoms with Crippen molar-refractivity contribution in [2.75, 3.05) is 11.8 Å². The van der Waals surface area contributed by atoms with E-state index in [9.17, 15) is 8.42 Å². The summed E-state index contributed by atoms with van der Waals surface area (Å²) in [6.07, 6.45) is 2.65. The number of hydrogen-bond donors (Lipinski definition) is 1. The van der Waals surface area contributed by atoms with E-state index in [1.54, 1.807) is 24.3 Å². The van der Waals surface area contributed by atoms with Gasteiger partial charge in [-0.15, -0.1) is 0 Å². The maximum atomic E-state index is 12.2. The summed E-state index contributed by atoms with van der Waals surface area (Å²) in [4.78, 5) is 7.67. The van der Waals surface area contributed by atoms with Gasteiger partial charge in [0.15, 0.2) is 5.58 Å². The van der Waals surface area contributed by atoms with E-state index in [0.717, 1.165) is 0 Å². The van der Waals surface area contributed by atoms with Crippen LogP contribution >= 0.6 is 0 Å². The molecule has 0 aliphatic carbocycles. The van der Waals surface area contributed by atoms with E-state index in [2.05, 4.69) is 19.8 Å². The highest BCUT2D eigenvalue weighted by molar-refractivity contribution is 7.91. The van der Waals surface area contributed by atoms with Crippen molar-refractivity contribution in [3.63, 3.8) is 0 Å². The third-order valence-corrected chi connectivity index (χ3v) is 4.06. The summed E-state index contributed by atoms with van der Waals surface area (Å²) in [6, 6.07) is 7.22. The molecule has 9 heteroatoms. The highest BCUT2D eigenvalue weighted by Crippen LogP contribution is 2.20. The zero-order valence-electron chi connectivity index (χ0n) is 11.6. The van der Waals surface area contributed by atoms with Crippen LogP contribution in [0.5, 0.6) is 6.01 Å². The van der Waals surface area contributed by atoms with Crippen molar-refractivity contribution in [3.8, 4) is 6.01 Å². The van der Waals surface area contributed by atoms with Crippen LogP contribution in [0.25, 0.3) is 11.0 Å². The van der Waals surface area contributed by atoms with Crippen LogP contribution in [0, 0.1) is 0 Å². The molecule has 0 bridgehead atoms. The van der Waals surface area contributed by atoms with Crippen LogP contribution in [0.3, 0.4) is 0 Å². The van der Waals surface area contributed by atoms with E-state index < -0.39 is 10.0 Å². The van der Waals surface area contributed by atoms with Crippen molar-refractivity contribution in [3.05, 3.63) is 42.4 Å². The quantitative estimate of drug-likeness (QED) is 0.760. The second-order valence-electron chi connectivity index (χ2n) is 4.45. The second-order valence-corrected chi connectivity index (χ2v) is 6.17. The van der Waals surface area contributed by atoms with E-state index in [-0.39, 0.29) is 17.5 Å². The van der Waals surface area contributed by atoms with Crippen LogP contribution in [-0.4, -0.2) is 30.7 Å². The molecule has 0 atom stereocenters. The molecule has 0 saturated carbocycles. The number of nitrogens with one attached hydrogen (secondary N) is 1. The molecule has 1 N–H and O–H groups in total. The number of anilines is 1. The molecule has 8 nitrogen and oxygen atoms in total. The summed E-state index contributed by atoms with van der Waals surface area (Å²) in [5.41, 5.74) is 1.13. The maximum Gasteiger partial charge on any atom is 0.316 e. The van der Waals surface area contributed by atoms with Crippen LogP contribution in [0.4, 0.5) is 5.69 Å². The number of fused-ring (bicyclic) bond motifs is 1. The second kappa shape index (κ2) is 5.60. The van der Waals surface area contributed by atoms with Gasteiger partial charge in [-0.3, -0.25) is 4.72 Å². The topological polar surface area (TPSA) is 107 Å². The Morgan fingerprint density at radius 2 is 1.95 bits per heavy atom. The number of hydrogen-bond acceptors (Lipinski definition) is 7. The zero-order chi connectivity index (χ0) is 15.6. The highest BCUT2D eigenvalue weighted by Gasteiger charge is 2.17. The van der Waals surface area contributed by atoms with Gasteiger partial charge in [0.1, 0.15) is 11.4 Å². The Morgan fingerprint density at radius 1 is 1.23 bits per heavy atom.